The average Bonchev–Trinajstić information content (AvgIpc) is 2.47. The van der Waals surface area contributed by atoms with Crippen molar-refractivity contribution >= 4 is 23.1 Å². The van der Waals surface area contributed by atoms with Crippen LogP contribution in [0.25, 0.3) is 0 Å². The van der Waals surface area contributed by atoms with Gasteiger partial charge in [-0.3, -0.25) is 4.79 Å². The van der Waals surface area contributed by atoms with Gasteiger partial charge in [0.25, 0.3) is 0 Å². The van der Waals surface area contributed by atoms with E-state index in [9.17, 15) is 4.79 Å². The summed E-state index contributed by atoms with van der Waals surface area (Å²) in [6.45, 7) is 3.58. The first-order chi connectivity index (χ1) is 10.1. The second-order valence-electron chi connectivity index (χ2n) is 5.75. The molecule has 0 aliphatic carbocycles. The molecule has 1 aliphatic heterocycles. The van der Waals surface area contributed by atoms with E-state index >= 15 is 0 Å². The Balaban J connectivity index is 1.81. The van der Waals surface area contributed by atoms with Gasteiger partial charge in [-0.2, -0.15) is 0 Å². The number of nitrogens with zero attached hydrogens (tertiary/aromatic N) is 1. The Morgan fingerprint density at radius 1 is 1.19 bits per heavy atom. The van der Waals surface area contributed by atoms with Gasteiger partial charge in [-0.05, 0) is 48.2 Å². The summed E-state index contributed by atoms with van der Waals surface area (Å²) in [5.74, 6) is 0.702. The number of carbonyl (C=O) groups excluding carboxylic acids is 1. The van der Waals surface area contributed by atoms with Gasteiger partial charge in [-0.25, -0.2) is 0 Å². The van der Waals surface area contributed by atoms with Gasteiger partial charge in [0.1, 0.15) is 0 Å². The monoisotopic (exact) mass is 299 g/mol. The molecule has 1 atom stereocenters. The zero-order valence-electron chi connectivity index (χ0n) is 12.1. The van der Waals surface area contributed by atoms with Crippen LogP contribution in [0.2, 0.25) is 5.02 Å². The van der Waals surface area contributed by atoms with Crippen molar-refractivity contribution in [2.75, 3.05) is 18.0 Å². The fourth-order valence-electron chi connectivity index (χ4n) is 2.96. The Hall–Kier alpha value is -1.80. The van der Waals surface area contributed by atoms with Crippen LogP contribution in [0.4, 0.5) is 5.69 Å². The van der Waals surface area contributed by atoms with Gasteiger partial charge < -0.3 is 4.90 Å². The van der Waals surface area contributed by atoms with E-state index in [0.29, 0.717) is 17.5 Å². The Morgan fingerprint density at radius 2 is 1.90 bits per heavy atom. The number of ketones is 1. The number of para-hydroxylation sites is 1. The molecule has 0 saturated heterocycles. The van der Waals surface area contributed by atoms with Crippen LogP contribution in [0.3, 0.4) is 0 Å². The van der Waals surface area contributed by atoms with E-state index in [-0.39, 0.29) is 5.78 Å². The minimum Gasteiger partial charge on any atom is -0.363 e. The van der Waals surface area contributed by atoms with Gasteiger partial charge in [0.05, 0.1) is 6.54 Å². The predicted octanol–water partition coefficient (Wildman–Crippen LogP) is 4.22. The fourth-order valence-corrected chi connectivity index (χ4v) is 3.08. The number of hydrogen-bond acceptors (Lipinski definition) is 2. The molecular formula is C18H18ClNO. The molecule has 3 heteroatoms. The first-order valence-electron chi connectivity index (χ1n) is 7.25. The zero-order chi connectivity index (χ0) is 14.8. The molecule has 2 nitrogen and oxygen atoms in total. The maximum Gasteiger partial charge on any atom is 0.182 e. The molecule has 0 amide bonds. The van der Waals surface area contributed by atoms with Gasteiger partial charge in [-0.1, -0.05) is 36.7 Å². The van der Waals surface area contributed by atoms with E-state index in [4.69, 9.17) is 11.6 Å². The molecule has 1 heterocycles. The smallest absolute Gasteiger partial charge is 0.182 e. The lowest BCUT2D eigenvalue weighted by atomic mass is 9.93. The zero-order valence-corrected chi connectivity index (χ0v) is 12.8. The summed E-state index contributed by atoms with van der Waals surface area (Å²) in [5, 5.41) is 0.656. The van der Waals surface area contributed by atoms with Gasteiger partial charge in [0, 0.05) is 22.8 Å². The summed E-state index contributed by atoms with van der Waals surface area (Å²) < 4.78 is 0. The maximum atomic E-state index is 12.5. The topological polar surface area (TPSA) is 20.3 Å². The van der Waals surface area contributed by atoms with Crippen molar-refractivity contribution in [3.63, 3.8) is 0 Å². The normalized spacial score (nSPS) is 17.4. The molecule has 0 radical (unpaired) electrons. The lowest BCUT2D eigenvalue weighted by Crippen LogP contribution is -2.38. The summed E-state index contributed by atoms with van der Waals surface area (Å²) in [5.41, 5.74) is 3.24. The van der Waals surface area contributed by atoms with Crippen molar-refractivity contribution in [2.45, 2.75) is 13.3 Å². The third kappa shape index (κ3) is 3.11. The first-order valence-corrected chi connectivity index (χ1v) is 7.63. The molecule has 2 aromatic carbocycles. The SMILES string of the molecule is CC1Cc2ccccc2N(CC(=O)c2ccc(Cl)cc2)C1. The lowest BCUT2D eigenvalue weighted by molar-refractivity contribution is 0.0998. The van der Waals surface area contributed by atoms with E-state index in [1.54, 1.807) is 24.3 Å². The average molecular weight is 300 g/mol. The molecule has 0 fully saturated rings. The Kier molecular flexibility index (Phi) is 3.98. The Labute approximate surface area is 130 Å². The van der Waals surface area contributed by atoms with Crippen molar-refractivity contribution in [3.05, 3.63) is 64.7 Å². The molecule has 1 aliphatic rings. The molecule has 0 bridgehead atoms. The molecule has 0 spiro atoms. The second kappa shape index (κ2) is 5.90. The second-order valence-corrected chi connectivity index (χ2v) is 6.19. The van der Waals surface area contributed by atoms with E-state index < -0.39 is 0 Å². The highest BCUT2D eigenvalue weighted by Gasteiger charge is 2.23. The summed E-state index contributed by atoms with van der Waals surface area (Å²) in [6.07, 6.45) is 1.09. The number of carbonyl (C=O) groups is 1. The van der Waals surface area contributed by atoms with Crippen LogP contribution in [-0.2, 0) is 6.42 Å². The van der Waals surface area contributed by atoms with Crippen molar-refractivity contribution in [1.29, 1.82) is 0 Å². The van der Waals surface area contributed by atoms with Crippen LogP contribution in [-0.4, -0.2) is 18.9 Å². The van der Waals surface area contributed by atoms with Crippen LogP contribution >= 0.6 is 11.6 Å². The largest absolute Gasteiger partial charge is 0.363 e. The third-order valence-electron chi connectivity index (χ3n) is 3.93. The molecule has 0 saturated carbocycles. The first kappa shape index (κ1) is 14.2. The summed E-state index contributed by atoms with van der Waals surface area (Å²) >= 11 is 5.87. The van der Waals surface area contributed by atoms with Gasteiger partial charge in [0.2, 0.25) is 0 Å². The van der Waals surface area contributed by atoms with Crippen LogP contribution in [0.1, 0.15) is 22.8 Å². The number of benzene rings is 2. The summed E-state index contributed by atoms with van der Waals surface area (Å²) in [7, 11) is 0. The molecule has 0 aromatic heterocycles. The molecular weight excluding hydrogens is 282 g/mol. The van der Waals surface area contributed by atoms with Gasteiger partial charge in [-0.15, -0.1) is 0 Å². The van der Waals surface area contributed by atoms with Crippen molar-refractivity contribution < 1.29 is 4.79 Å². The summed E-state index contributed by atoms with van der Waals surface area (Å²) in [6, 6.07) is 15.5. The highest BCUT2D eigenvalue weighted by Crippen LogP contribution is 2.29. The molecule has 2 aromatic rings. The number of anilines is 1. The van der Waals surface area contributed by atoms with Gasteiger partial charge in [0.15, 0.2) is 5.78 Å². The molecule has 108 valence electrons. The van der Waals surface area contributed by atoms with Gasteiger partial charge >= 0.3 is 0 Å². The van der Waals surface area contributed by atoms with Crippen LogP contribution < -0.4 is 4.90 Å². The number of halogens is 1. The predicted molar refractivity (Wildman–Crippen MR) is 87.3 cm³/mol. The number of hydrogen-bond donors (Lipinski definition) is 0. The number of fused-ring (bicyclic) bond motifs is 1. The number of Topliss-reactive ketones (excluding diaryl/α,β-unsaturated/α-hetero) is 1. The minimum absolute atomic E-state index is 0.135. The molecule has 3 rings (SSSR count). The van der Waals surface area contributed by atoms with Crippen molar-refractivity contribution in [2.24, 2.45) is 5.92 Å². The highest BCUT2D eigenvalue weighted by atomic mass is 35.5. The Morgan fingerprint density at radius 3 is 2.67 bits per heavy atom. The van der Waals surface area contributed by atoms with E-state index in [1.165, 1.54) is 11.3 Å². The van der Waals surface area contributed by atoms with Crippen molar-refractivity contribution in [1.82, 2.24) is 0 Å². The van der Waals surface area contributed by atoms with E-state index in [0.717, 1.165) is 18.5 Å². The lowest BCUT2D eigenvalue weighted by Gasteiger charge is -2.34. The third-order valence-corrected chi connectivity index (χ3v) is 4.19. The summed E-state index contributed by atoms with van der Waals surface area (Å²) in [4.78, 5) is 14.7. The quantitative estimate of drug-likeness (QED) is 0.791. The van der Waals surface area contributed by atoms with E-state index in [1.807, 2.05) is 6.07 Å². The minimum atomic E-state index is 0.135. The van der Waals surface area contributed by atoms with Crippen LogP contribution in [0.15, 0.2) is 48.5 Å². The molecule has 0 N–H and O–H groups in total. The maximum absolute atomic E-state index is 12.5. The van der Waals surface area contributed by atoms with Crippen LogP contribution in [0.5, 0.6) is 0 Å². The highest BCUT2D eigenvalue weighted by molar-refractivity contribution is 6.30. The van der Waals surface area contributed by atoms with Crippen LogP contribution in [0, 0.1) is 5.92 Å². The van der Waals surface area contributed by atoms with E-state index in [2.05, 4.69) is 30.0 Å². The number of rotatable bonds is 3. The molecule has 21 heavy (non-hydrogen) atoms. The standard InChI is InChI=1S/C18H18ClNO/c1-13-10-15-4-2-3-5-17(15)20(11-13)12-18(21)14-6-8-16(19)9-7-14/h2-9,13H,10-12H2,1H3. The van der Waals surface area contributed by atoms with Crippen molar-refractivity contribution in [3.8, 4) is 0 Å². The molecule has 1 unspecified atom stereocenters. The fraction of sp³-hybridized carbons (Fsp3) is 0.278. The Bertz CT molecular complexity index is 651.